The Morgan fingerprint density at radius 2 is 1.73 bits per heavy atom. The SMILES string of the molecule is CCCCOCCOc1ccc(-c2ccc3c(c2)C=C(C(=O)Nc2ccc(C(O)c4ccccn4)cc2OCC)CCN3C(=O)C(F)(F)F)cc1. The summed E-state index contributed by atoms with van der Waals surface area (Å²) < 4.78 is 58.2. The van der Waals surface area contributed by atoms with Gasteiger partial charge in [0.05, 0.1) is 30.3 Å². The highest BCUT2D eigenvalue weighted by Gasteiger charge is 2.44. The van der Waals surface area contributed by atoms with Gasteiger partial charge in [0.2, 0.25) is 0 Å². The van der Waals surface area contributed by atoms with E-state index in [1.165, 1.54) is 12.1 Å². The van der Waals surface area contributed by atoms with E-state index in [0.717, 1.165) is 18.4 Å². The van der Waals surface area contributed by atoms with Gasteiger partial charge < -0.3 is 29.5 Å². The second-order valence-electron chi connectivity index (χ2n) is 11.8. The van der Waals surface area contributed by atoms with E-state index in [1.807, 2.05) is 12.1 Å². The van der Waals surface area contributed by atoms with Crippen LogP contribution in [0, 0.1) is 0 Å². The molecule has 2 heterocycles. The molecule has 1 aromatic heterocycles. The molecule has 0 saturated heterocycles. The van der Waals surface area contributed by atoms with E-state index < -0.39 is 24.1 Å². The fourth-order valence-corrected chi connectivity index (χ4v) is 5.56. The van der Waals surface area contributed by atoms with Crippen LogP contribution in [0.3, 0.4) is 0 Å². The third kappa shape index (κ3) is 9.53. The molecule has 1 atom stereocenters. The molecular weight excluding hydrogens is 663 g/mol. The van der Waals surface area contributed by atoms with Crippen molar-refractivity contribution in [3.63, 3.8) is 0 Å². The van der Waals surface area contributed by atoms with E-state index in [2.05, 4.69) is 17.2 Å². The van der Waals surface area contributed by atoms with Crippen LogP contribution in [0.5, 0.6) is 11.5 Å². The molecular formula is C39H40F3N3O6. The number of anilines is 2. The first kappa shape index (κ1) is 37.1. The highest BCUT2D eigenvalue weighted by molar-refractivity contribution is 6.09. The summed E-state index contributed by atoms with van der Waals surface area (Å²) in [6, 6.07) is 22.0. The highest BCUT2D eigenvalue weighted by atomic mass is 19.4. The van der Waals surface area contributed by atoms with Crippen molar-refractivity contribution >= 4 is 29.3 Å². The van der Waals surface area contributed by atoms with E-state index in [0.29, 0.717) is 58.7 Å². The van der Waals surface area contributed by atoms with Gasteiger partial charge in [0.1, 0.15) is 24.2 Å². The minimum absolute atomic E-state index is 0.0368. The van der Waals surface area contributed by atoms with Crippen LogP contribution in [0.1, 0.15) is 56.0 Å². The van der Waals surface area contributed by atoms with Crippen LogP contribution in [0.4, 0.5) is 24.5 Å². The monoisotopic (exact) mass is 703 g/mol. The molecule has 1 aliphatic heterocycles. The third-order valence-electron chi connectivity index (χ3n) is 8.20. The number of aliphatic hydroxyl groups excluding tert-OH is 1. The summed E-state index contributed by atoms with van der Waals surface area (Å²) in [5.41, 5.74) is 3.13. The minimum Gasteiger partial charge on any atom is -0.492 e. The van der Waals surface area contributed by atoms with Gasteiger partial charge >= 0.3 is 12.1 Å². The molecule has 0 saturated carbocycles. The second-order valence-corrected chi connectivity index (χ2v) is 11.8. The summed E-state index contributed by atoms with van der Waals surface area (Å²) in [7, 11) is 0. The number of halogens is 3. The van der Waals surface area contributed by atoms with Crippen molar-refractivity contribution in [3.8, 4) is 22.6 Å². The van der Waals surface area contributed by atoms with Gasteiger partial charge in [0.15, 0.2) is 0 Å². The average Bonchev–Trinajstić information content (AvgIpc) is 3.33. The number of nitrogens with one attached hydrogen (secondary N) is 1. The van der Waals surface area contributed by atoms with Gasteiger partial charge in [-0.05, 0) is 96.6 Å². The summed E-state index contributed by atoms with van der Waals surface area (Å²) in [6.45, 7) is 5.30. The maximum atomic E-state index is 13.7. The summed E-state index contributed by atoms with van der Waals surface area (Å²) >= 11 is 0. The Hall–Kier alpha value is -5.20. The van der Waals surface area contributed by atoms with Crippen LogP contribution >= 0.6 is 0 Å². The van der Waals surface area contributed by atoms with Crippen LogP contribution in [-0.2, 0) is 14.3 Å². The van der Waals surface area contributed by atoms with Gasteiger partial charge in [-0.2, -0.15) is 13.2 Å². The normalized spacial score (nSPS) is 13.5. The van der Waals surface area contributed by atoms with E-state index in [-0.39, 0.29) is 36.4 Å². The molecule has 5 rings (SSSR count). The molecule has 0 aliphatic carbocycles. The fourth-order valence-electron chi connectivity index (χ4n) is 5.56. The predicted molar refractivity (Wildman–Crippen MR) is 189 cm³/mol. The number of hydrogen-bond acceptors (Lipinski definition) is 7. The number of unbranched alkanes of at least 4 members (excludes halogenated alkanes) is 1. The maximum Gasteiger partial charge on any atom is 0.471 e. The van der Waals surface area contributed by atoms with Crippen LogP contribution < -0.4 is 19.7 Å². The molecule has 268 valence electrons. The summed E-state index contributed by atoms with van der Waals surface area (Å²) in [5.74, 6) is -1.67. The molecule has 0 spiro atoms. The van der Waals surface area contributed by atoms with E-state index in [1.54, 1.807) is 73.8 Å². The maximum absolute atomic E-state index is 13.7. The van der Waals surface area contributed by atoms with Gasteiger partial charge in [0, 0.05) is 24.9 Å². The largest absolute Gasteiger partial charge is 0.492 e. The zero-order chi connectivity index (χ0) is 36.4. The van der Waals surface area contributed by atoms with Crippen molar-refractivity contribution in [2.45, 2.75) is 45.4 Å². The number of carbonyl (C=O) groups is 2. The van der Waals surface area contributed by atoms with Gasteiger partial charge in [-0.3, -0.25) is 14.6 Å². The molecule has 0 fully saturated rings. The third-order valence-corrected chi connectivity index (χ3v) is 8.20. The number of aromatic nitrogens is 1. The lowest BCUT2D eigenvalue weighted by molar-refractivity contribution is -0.170. The lowest BCUT2D eigenvalue weighted by atomic mass is 10.00. The summed E-state index contributed by atoms with van der Waals surface area (Å²) in [5, 5.41) is 13.7. The van der Waals surface area contributed by atoms with Crippen LogP contribution in [0.2, 0.25) is 0 Å². The number of ether oxygens (including phenoxy) is 3. The zero-order valence-electron chi connectivity index (χ0n) is 28.4. The first-order valence-electron chi connectivity index (χ1n) is 16.8. The number of aliphatic hydroxyl groups is 1. The van der Waals surface area contributed by atoms with E-state index in [9.17, 15) is 27.9 Å². The molecule has 0 bridgehead atoms. The summed E-state index contributed by atoms with van der Waals surface area (Å²) in [6.07, 6.45) is -1.19. The predicted octanol–water partition coefficient (Wildman–Crippen LogP) is 7.75. The van der Waals surface area contributed by atoms with Crippen LogP contribution in [0.15, 0.2) is 90.6 Å². The lowest BCUT2D eigenvalue weighted by Gasteiger charge is -2.24. The molecule has 0 radical (unpaired) electrons. The standard InChI is InChI=1S/C39H40F3N3O6/c1-3-5-20-49-21-22-51-31-13-9-26(10-14-31)27-12-16-34-30(23-27)24-29(17-19-45(34)38(48)39(40,41)42)37(47)44-32-15-11-28(25-35(32)50-4-2)36(46)33-8-6-7-18-43-33/h6-16,18,23-25,36,46H,3-5,17,19-22H2,1-2H3,(H,44,47). The Morgan fingerprint density at radius 1 is 0.941 bits per heavy atom. The van der Waals surface area contributed by atoms with Crippen molar-refractivity contribution in [1.29, 1.82) is 0 Å². The first-order valence-corrected chi connectivity index (χ1v) is 16.8. The number of benzene rings is 3. The summed E-state index contributed by atoms with van der Waals surface area (Å²) in [4.78, 5) is 31.1. The number of pyridine rings is 1. The van der Waals surface area contributed by atoms with Crippen molar-refractivity contribution < 1.29 is 42.1 Å². The smallest absolute Gasteiger partial charge is 0.471 e. The number of hydrogen-bond donors (Lipinski definition) is 2. The van der Waals surface area contributed by atoms with E-state index >= 15 is 0 Å². The van der Waals surface area contributed by atoms with Crippen molar-refractivity contribution in [2.24, 2.45) is 0 Å². The van der Waals surface area contributed by atoms with Gasteiger partial charge in [-0.25, -0.2) is 0 Å². The second kappa shape index (κ2) is 17.1. The number of carbonyl (C=O) groups excluding carboxylic acids is 2. The Morgan fingerprint density at radius 3 is 2.43 bits per heavy atom. The Labute approximate surface area is 294 Å². The number of amides is 2. The first-order chi connectivity index (χ1) is 24.6. The molecule has 1 aliphatic rings. The van der Waals surface area contributed by atoms with Gasteiger partial charge in [-0.1, -0.05) is 43.7 Å². The lowest BCUT2D eigenvalue weighted by Crippen LogP contribution is -2.42. The Bertz CT molecular complexity index is 1830. The zero-order valence-corrected chi connectivity index (χ0v) is 28.4. The van der Waals surface area contributed by atoms with Crippen molar-refractivity contribution in [3.05, 3.63) is 107 Å². The topological polar surface area (TPSA) is 110 Å². The molecule has 2 amide bonds. The molecule has 51 heavy (non-hydrogen) atoms. The Kier molecular flexibility index (Phi) is 12.5. The van der Waals surface area contributed by atoms with Gasteiger partial charge in [-0.15, -0.1) is 0 Å². The quantitative estimate of drug-likeness (QED) is 0.129. The molecule has 2 N–H and O–H groups in total. The number of fused-ring (bicyclic) bond motifs is 1. The molecule has 9 nitrogen and oxygen atoms in total. The van der Waals surface area contributed by atoms with E-state index in [4.69, 9.17) is 14.2 Å². The number of nitrogens with zero attached hydrogens (tertiary/aromatic N) is 2. The minimum atomic E-state index is -5.12. The van der Waals surface area contributed by atoms with Crippen molar-refractivity contribution in [1.82, 2.24) is 4.98 Å². The fraction of sp³-hybridized carbons (Fsp3) is 0.308. The average molecular weight is 704 g/mol. The number of rotatable bonds is 14. The van der Waals surface area contributed by atoms with Gasteiger partial charge in [0.25, 0.3) is 5.91 Å². The molecule has 4 aromatic rings. The molecule has 12 heteroatoms. The van der Waals surface area contributed by atoms with Crippen LogP contribution in [0.25, 0.3) is 17.2 Å². The highest BCUT2D eigenvalue weighted by Crippen LogP contribution is 2.36. The molecule has 3 aromatic carbocycles. The Balaban J connectivity index is 1.40. The van der Waals surface area contributed by atoms with Crippen molar-refractivity contribution in [2.75, 3.05) is 43.2 Å². The number of alkyl halides is 3. The molecule has 1 unspecified atom stereocenters. The van der Waals surface area contributed by atoms with Crippen LogP contribution in [-0.4, -0.2) is 61.1 Å².